The van der Waals surface area contributed by atoms with Gasteiger partial charge in [0.25, 0.3) is 0 Å². The molecular formula is C25H38N2O2. The number of rotatable bonds is 9. The highest BCUT2D eigenvalue weighted by atomic mass is 16.5. The van der Waals surface area contributed by atoms with Crippen molar-refractivity contribution in [2.45, 2.75) is 72.4 Å². The van der Waals surface area contributed by atoms with Gasteiger partial charge in [-0.3, -0.25) is 0 Å². The minimum atomic E-state index is -0.350. The molecule has 0 radical (unpaired) electrons. The lowest BCUT2D eigenvalue weighted by Gasteiger charge is -2.25. The molecule has 0 heterocycles. The Morgan fingerprint density at radius 3 is 2.41 bits per heavy atom. The average Bonchev–Trinajstić information content (AvgIpc) is 2.77. The second kappa shape index (κ2) is 14.5. The predicted octanol–water partition coefficient (Wildman–Crippen LogP) is 5.63. The van der Waals surface area contributed by atoms with Crippen LogP contribution in [0.1, 0.15) is 65.4 Å². The van der Waals surface area contributed by atoms with Crippen LogP contribution in [0.3, 0.4) is 0 Å². The fourth-order valence-electron chi connectivity index (χ4n) is 3.29. The van der Waals surface area contributed by atoms with E-state index in [4.69, 9.17) is 4.74 Å². The monoisotopic (exact) mass is 398 g/mol. The van der Waals surface area contributed by atoms with Crippen molar-refractivity contribution >= 4 is 5.97 Å². The van der Waals surface area contributed by atoms with Gasteiger partial charge in [0.05, 0.1) is 17.9 Å². The van der Waals surface area contributed by atoms with Crippen LogP contribution >= 0.6 is 0 Å². The first kappa shape index (κ1) is 24.5. The Balaban J connectivity index is 0.00000204. The molecule has 29 heavy (non-hydrogen) atoms. The molecular weight excluding hydrogens is 360 g/mol. The van der Waals surface area contributed by atoms with E-state index >= 15 is 0 Å². The van der Waals surface area contributed by atoms with E-state index in [2.05, 4.69) is 36.3 Å². The Bertz CT molecular complexity index is 671. The molecule has 0 spiro atoms. The number of hydrogen-bond acceptors (Lipinski definition) is 4. The van der Waals surface area contributed by atoms with Gasteiger partial charge in [0.2, 0.25) is 0 Å². The summed E-state index contributed by atoms with van der Waals surface area (Å²) >= 11 is 0. The molecule has 0 unspecified atom stereocenters. The highest BCUT2D eigenvalue weighted by Crippen LogP contribution is 2.19. The minimum Gasteiger partial charge on any atom is -0.462 e. The van der Waals surface area contributed by atoms with Crippen LogP contribution in [0.15, 0.2) is 66.0 Å². The lowest BCUT2D eigenvalue weighted by molar-refractivity contribution is -0.138. The largest absolute Gasteiger partial charge is 0.462 e. The Morgan fingerprint density at radius 1 is 1.17 bits per heavy atom. The number of hydrogen-bond donors (Lipinski definition) is 2. The highest BCUT2D eigenvalue weighted by Gasteiger charge is 2.15. The van der Waals surface area contributed by atoms with Gasteiger partial charge in [-0.25, -0.2) is 4.79 Å². The SMILES string of the molecule is C=C/C(=C\C(NCc1ccccc1)=C(/C)NC1CCCCC1)C(=O)OCC.CC. The molecule has 0 atom stereocenters. The first-order chi connectivity index (χ1) is 14.1. The van der Waals surface area contributed by atoms with Gasteiger partial charge < -0.3 is 15.4 Å². The lowest BCUT2D eigenvalue weighted by Crippen LogP contribution is -2.31. The van der Waals surface area contributed by atoms with Crippen molar-refractivity contribution in [3.05, 3.63) is 71.6 Å². The summed E-state index contributed by atoms with van der Waals surface area (Å²) in [6, 6.07) is 10.7. The van der Waals surface area contributed by atoms with E-state index in [1.807, 2.05) is 38.1 Å². The molecule has 0 aliphatic heterocycles. The maximum atomic E-state index is 12.2. The minimum absolute atomic E-state index is 0.347. The Labute approximate surface area is 177 Å². The summed E-state index contributed by atoms with van der Waals surface area (Å²) in [4.78, 5) is 12.2. The third kappa shape index (κ3) is 9.03. The van der Waals surface area contributed by atoms with Crippen molar-refractivity contribution < 1.29 is 9.53 Å². The quantitative estimate of drug-likeness (QED) is 0.321. The molecule has 1 aromatic carbocycles. The van der Waals surface area contributed by atoms with Crippen molar-refractivity contribution in [1.29, 1.82) is 0 Å². The number of ether oxygens (including phenoxy) is 1. The van der Waals surface area contributed by atoms with Gasteiger partial charge in [-0.1, -0.05) is 76.1 Å². The summed E-state index contributed by atoms with van der Waals surface area (Å²) in [5, 5.41) is 7.11. The topological polar surface area (TPSA) is 50.4 Å². The van der Waals surface area contributed by atoms with E-state index in [-0.39, 0.29) is 5.97 Å². The number of nitrogens with one attached hydrogen (secondary N) is 2. The summed E-state index contributed by atoms with van der Waals surface area (Å²) in [6.07, 6.45) is 9.64. The van der Waals surface area contributed by atoms with Gasteiger partial charge in [-0.05, 0) is 38.3 Å². The normalized spacial score (nSPS) is 15.4. The molecule has 4 nitrogen and oxygen atoms in total. The maximum Gasteiger partial charge on any atom is 0.338 e. The highest BCUT2D eigenvalue weighted by molar-refractivity contribution is 5.92. The van der Waals surface area contributed by atoms with Gasteiger partial charge in [0.15, 0.2) is 0 Å². The van der Waals surface area contributed by atoms with Crippen LogP contribution in [-0.4, -0.2) is 18.6 Å². The summed E-state index contributed by atoms with van der Waals surface area (Å²) < 4.78 is 5.14. The number of carbonyl (C=O) groups excluding carboxylic acids is 1. The standard InChI is InChI=1S/C23H32N2O2.C2H6/c1-4-20(23(26)27-5-2)16-22(24-17-19-12-8-6-9-13-19)18(3)25-21-14-10-7-11-15-21;1-2/h4,6,8-9,12-13,16,21,24-25H,1,5,7,10-11,14-15,17H2,2-3H3;1-2H3/b20-16+,22-18-;. The molecule has 0 saturated heterocycles. The summed E-state index contributed by atoms with van der Waals surface area (Å²) in [5.74, 6) is -0.350. The number of allylic oxidation sites excluding steroid dienone is 2. The fourth-order valence-corrected chi connectivity index (χ4v) is 3.29. The van der Waals surface area contributed by atoms with Gasteiger partial charge in [-0.2, -0.15) is 0 Å². The molecule has 2 N–H and O–H groups in total. The number of esters is 1. The van der Waals surface area contributed by atoms with Gasteiger partial charge in [0, 0.05) is 18.3 Å². The van der Waals surface area contributed by atoms with Crippen molar-refractivity contribution in [2.24, 2.45) is 0 Å². The summed E-state index contributed by atoms with van der Waals surface area (Å²) in [7, 11) is 0. The van der Waals surface area contributed by atoms with Crippen LogP contribution in [0.2, 0.25) is 0 Å². The zero-order chi connectivity index (χ0) is 21.5. The van der Waals surface area contributed by atoms with Crippen molar-refractivity contribution in [2.75, 3.05) is 6.61 Å². The van der Waals surface area contributed by atoms with Gasteiger partial charge >= 0.3 is 5.97 Å². The number of carbonyl (C=O) groups is 1. The maximum absolute atomic E-state index is 12.2. The Morgan fingerprint density at radius 2 is 1.83 bits per heavy atom. The van der Waals surface area contributed by atoms with Crippen molar-refractivity contribution in [3.63, 3.8) is 0 Å². The molecule has 0 amide bonds. The van der Waals surface area contributed by atoms with Crippen LogP contribution in [-0.2, 0) is 16.1 Å². The van der Waals surface area contributed by atoms with E-state index in [1.165, 1.54) is 37.7 Å². The number of benzene rings is 1. The van der Waals surface area contributed by atoms with Crippen LogP contribution in [0.4, 0.5) is 0 Å². The molecule has 1 fully saturated rings. The predicted molar refractivity (Wildman–Crippen MR) is 122 cm³/mol. The Kier molecular flexibility index (Phi) is 12.3. The zero-order valence-electron chi connectivity index (χ0n) is 18.6. The molecule has 1 saturated carbocycles. The smallest absolute Gasteiger partial charge is 0.338 e. The second-order valence-electron chi connectivity index (χ2n) is 6.88. The van der Waals surface area contributed by atoms with Crippen LogP contribution in [0.25, 0.3) is 0 Å². The van der Waals surface area contributed by atoms with Gasteiger partial charge in [-0.15, -0.1) is 0 Å². The fraction of sp³-hybridized carbons (Fsp3) is 0.480. The van der Waals surface area contributed by atoms with Crippen LogP contribution in [0, 0.1) is 0 Å². The molecule has 4 heteroatoms. The van der Waals surface area contributed by atoms with Gasteiger partial charge in [0.1, 0.15) is 0 Å². The van der Waals surface area contributed by atoms with E-state index in [0.29, 0.717) is 24.8 Å². The third-order valence-electron chi connectivity index (χ3n) is 4.79. The summed E-state index contributed by atoms with van der Waals surface area (Å²) in [5.41, 5.74) is 3.58. The second-order valence-corrected chi connectivity index (χ2v) is 6.88. The van der Waals surface area contributed by atoms with E-state index < -0.39 is 0 Å². The van der Waals surface area contributed by atoms with E-state index in [9.17, 15) is 4.79 Å². The summed E-state index contributed by atoms with van der Waals surface area (Å²) in [6.45, 7) is 12.7. The average molecular weight is 399 g/mol. The zero-order valence-corrected chi connectivity index (χ0v) is 18.6. The van der Waals surface area contributed by atoms with Crippen molar-refractivity contribution in [3.8, 4) is 0 Å². The molecule has 0 aromatic heterocycles. The third-order valence-corrected chi connectivity index (χ3v) is 4.79. The molecule has 0 bridgehead atoms. The van der Waals surface area contributed by atoms with Crippen molar-refractivity contribution in [1.82, 2.24) is 10.6 Å². The molecule has 1 aliphatic carbocycles. The van der Waals surface area contributed by atoms with E-state index in [0.717, 1.165) is 11.4 Å². The van der Waals surface area contributed by atoms with Crippen LogP contribution in [0.5, 0.6) is 0 Å². The first-order valence-electron chi connectivity index (χ1n) is 10.9. The first-order valence-corrected chi connectivity index (χ1v) is 10.9. The molecule has 1 aromatic rings. The lowest BCUT2D eigenvalue weighted by atomic mass is 9.95. The van der Waals surface area contributed by atoms with E-state index in [1.54, 1.807) is 13.0 Å². The van der Waals surface area contributed by atoms with Crippen LogP contribution < -0.4 is 10.6 Å². The Hall–Kier alpha value is -2.49. The molecule has 160 valence electrons. The molecule has 1 aliphatic rings. The molecule has 2 rings (SSSR count).